The van der Waals surface area contributed by atoms with Crippen molar-refractivity contribution in [2.45, 2.75) is 51.5 Å². The smallest absolute Gasteiger partial charge is 0.262 e. The standard InChI is InChI=1S/C22H27N3O2S/c1-13(25-20(27)17-4-2-3-5-18(17)24-21(25)28)19(26)23-12-22-9-14-6-15(10-22)8-16(7-14)11-22/h2-5,13-16H,6-12H2,1H3,(H,23,26)(H,24,28)/t13-,14?,15?,16?,22?/m0/s1. The van der Waals surface area contributed by atoms with Crippen LogP contribution in [0.5, 0.6) is 0 Å². The number of carbonyl (C=O) groups is 1. The molecule has 4 aliphatic carbocycles. The number of aromatic nitrogens is 2. The van der Waals surface area contributed by atoms with Gasteiger partial charge in [0, 0.05) is 6.54 Å². The van der Waals surface area contributed by atoms with Gasteiger partial charge in [-0.25, -0.2) is 0 Å². The lowest BCUT2D eigenvalue weighted by Crippen LogP contribution is -2.52. The molecule has 1 aromatic carbocycles. The van der Waals surface area contributed by atoms with Crippen molar-refractivity contribution >= 4 is 29.0 Å². The predicted octanol–water partition coefficient (Wildman–Crippen LogP) is 3.95. The zero-order chi connectivity index (χ0) is 19.5. The fourth-order valence-corrected chi connectivity index (χ4v) is 6.92. The number of rotatable bonds is 4. The topological polar surface area (TPSA) is 66.9 Å². The summed E-state index contributed by atoms with van der Waals surface area (Å²) in [6.07, 6.45) is 7.94. The number of benzene rings is 1. The van der Waals surface area contributed by atoms with Gasteiger partial charge >= 0.3 is 0 Å². The minimum atomic E-state index is -0.630. The van der Waals surface area contributed by atoms with Crippen LogP contribution in [0.25, 0.3) is 10.9 Å². The highest BCUT2D eigenvalue weighted by Crippen LogP contribution is 2.59. The molecule has 5 nitrogen and oxygen atoms in total. The van der Waals surface area contributed by atoms with E-state index in [0.29, 0.717) is 15.7 Å². The van der Waals surface area contributed by atoms with E-state index in [9.17, 15) is 9.59 Å². The van der Waals surface area contributed by atoms with Crippen LogP contribution in [0.3, 0.4) is 0 Å². The second kappa shape index (κ2) is 6.55. The number of hydrogen-bond acceptors (Lipinski definition) is 3. The van der Waals surface area contributed by atoms with Crippen molar-refractivity contribution in [1.82, 2.24) is 14.9 Å². The van der Waals surface area contributed by atoms with Crippen LogP contribution < -0.4 is 10.9 Å². The SMILES string of the molecule is C[C@@H](C(=O)NCC12CC3CC(CC(C3)C1)C2)n1c(=S)[nH]c2ccccc2c1=O. The van der Waals surface area contributed by atoms with Crippen LogP contribution in [0.1, 0.15) is 51.5 Å². The Balaban J connectivity index is 1.36. The van der Waals surface area contributed by atoms with Gasteiger partial charge in [-0.2, -0.15) is 0 Å². The van der Waals surface area contributed by atoms with Gasteiger partial charge in [0.1, 0.15) is 6.04 Å². The molecule has 0 spiro atoms. The Labute approximate surface area is 169 Å². The Hall–Kier alpha value is -1.95. The predicted molar refractivity (Wildman–Crippen MR) is 112 cm³/mol. The molecule has 4 fully saturated rings. The third-order valence-electron chi connectivity index (χ3n) is 7.41. The van der Waals surface area contributed by atoms with Crippen LogP contribution in [-0.4, -0.2) is 22.0 Å². The molecule has 4 aliphatic rings. The van der Waals surface area contributed by atoms with Gasteiger partial charge in [0.2, 0.25) is 5.91 Å². The molecule has 1 atom stereocenters. The van der Waals surface area contributed by atoms with Gasteiger partial charge in [0.15, 0.2) is 4.77 Å². The number of fused-ring (bicyclic) bond motifs is 1. The Morgan fingerprint density at radius 3 is 2.46 bits per heavy atom. The monoisotopic (exact) mass is 397 g/mol. The number of para-hydroxylation sites is 1. The normalized spacial score (nSPS) is 31.8. The zero-order valence-corrected chi connectivity index (χ0v) is 17.1. The maximum atomic E-state index is 12.9. The second-order valence-corrected chi connectivity index (χ2v) is 9.85. The number of nitrogens with one attached hydrogen (secondary N) is 2. The van der Waals surface area contributed by atoms with Crippen LogP contribution in [0.15, 0.2) is 29.1 Å². The highest BCUT2D eigenvalue weighted by atomic mass is 32.1. The number of aromatic amines is 1. The summed E-state index contributed by atoms with van der Waals surface area (Å²) in [4.78, 5) is 28.9. The largest absolute Gasteiger partial charge is 0.354 e. The lowest BCUT2D eigenvalue weighted by Gasteiger charge is -2.57. The summed E-state index contributed by atoms with van der Waals surface area (Å²) in [7, 11) is 0. The maximum Gasteiger partial charge on any atom is 0.262 e. The molecule has 0 aliphatic heterocycles. The van der Waals surface area contributed by atoms with Crippen molar-refractivity contribution in [2.24, 2.45) is 23.2 Å². The van der Waals surface area contributed by atoms with Crippen molar-refractivity contribution in [3.8, 4) is 0 Å². The summed E-state index contributed by atoms with van der Waals surface area (Å²) in [5.74, 6) is 2.46. The van der Waals surface area contributed by atoms with Crippen LogP contribution >= 0.6 is 12.2 Å². The summed E-state index contributed by atoms with van der Waals surface area (Å²) >= 11 is 5.39. The minimum Gasteiger partial charge on any atom is -0.354 e. The van der Waals surface area contributed by atoms with E-state index in [-0.39, 0.29) is 16.9 Å². The van der Waals surface area contributed by atoms with Gasteiger partial charge in [-0.1, -0.05) is 12.1 Å². The summed E-state index contributed by atoms with van der Waals surface area (Å²) in [5, 5.41) is 3.73. The molecule has 1 aromatic heterocycles. The molecule has 6 rings (SSSR count). The van der Waals surface area contributed by atoms with E-state index < -0.39 is 6.04 Å². The van der Waals surface area contributed by atoms with Gasteiger partial charge in [-0.3, -0.25) is 14.2 Å². The quantitative estimate of drug-likeness (QED) is 0.768. The lowest BCUT2D eigenvalue weighted by atomic mass is 9.49. The van der Waals surface area contributed by atoms with Crippen LogP contribution in [0, 0.1) is 27.9 Å². The minimum absolute atomic E-state index is 0.118. The second-order valence-electron chi connectivity index (χ2n) is 9.46. The number of amides is 1. The van der Waals surface area contributed by atoms with Crippen molar-refractivity contribution in [3.63, 3.8) is 0 Å². The van der Waals surface area contributed by atoms with Crippen molar-refractivity contribution in [2.75, 3.05) is 6.54 Å². The third kappa shape index (κ3) is 2.93. The molecule has 4 bridgehead atoms. The highest BCUT2D eigenvalue weighted by Gasteiger charge is 2.50. The van der Waals surface area contributed by atoms with E-state index in [2.05, 4.69) is 10.3 Å². The fourth-order valence-electron chi connectivity index (χ4n) is 6.57. The first kappa shape index (κ1) is 18.1. The molecule has 4 saturated carbocycles. The van der Waals surface area contributed by atoms with Crippen molar-refractivity contribution in [3.05, 3.63) is 39.4 Å². The molecule has 2 N–H and O–H groups in total. The van der Waals surface area contributed by atoms with Crippen molar-refractivity contribution in [1.29, 1.82) is 0 Å². The van der Waals surface area contributed by atoms with E-state index in [1.165, 1.54) is 43.1 Å². The van der Waals surface area contributed by atoms with E-state index in [1.807, 2.05) is 18.2 Å². The Kier molecular flexibility index (Phi) is 4.23. The zero-order valence-electron chi connectivity index (χ0n) is 16.2. The fraction of sp³-hybridized carbons (Fsp3) is 0.591. The number of hydrogen-bond donors (Lipinski definition) is 2. The molecule has 148 valence electrons. The average molecular weight is 398 g/mol. The Morgan fingerprint density at radius 1 is 1.21 bits per heavy atom. The van der Waals surface area contributed by atoms with Crippen LogP contribution in [0.4, 0.5) is 0 Å². The third-order valence-corrected chi connectivity index (χ3v) is 7.70. The van der Waals surface area contributed by atoms with Gasteiger partial charge in [-0.15, -0.1) is 0 Å². The molecule has 1 heterocycles. The molecular formula is C22H27N3O2S. The molecule has 28 heavy (non-hydrogen) atoms. The first-order chi connectivity index (χ1) is 13.4. The highest BCUT2D eigenvalue weighted by molar-refractivity contribution is 7.71. The van der Waals surface area contributed by atoms with Gasteiger partial charge < -0.3 is 10.3 Å². The van der Waals surface area contributed by atoms with E-state index in [0.717, 1.165) is 24.3 Å². The molecule has 1 amide bonds. The number of H-pyrrole nitrogens is 1. The summed E-state index contributed by atoms with van der Waals surface area (Å²) < 4.78 is 1.70. The lowest BCUT2D eigenvalue weighted by molar-refractivity contribution is -0.126. The summed E-state index contributed by atoms with van der Waals surface area (Å²) in [6, 6.07) is 6.64. The first-order valence-electron chi connectivity index (χ1n) is 10.5. The average Bonchev–Trinajstić information content (AvgIpc) is 2.65. The van der Waals surface area contributed by atoms with Gasteiger partial charge in [0.25, 0.3) is 5.56 Å². The summed E-state index contributed by atoms with van der Waals surface area (Å²) in [6.45, 7) is 2.49. The summed E-state index contributed by atoms with van der Waals surface area (Å²) in [5.41, 5.74) is 0.772. The van der Waals surface area contributed by atoms with E-state index in [1.54, 1.807) is 13.0 Å². The molecule has 6 heteroatoms. The molecule has 2 aromatic rings. The molecule has 0 saturated heterocycles. The maximum absolute atomic E-state index is 12.9. The first-order valence-corrected chi connectivity index (χ1v) is 10.9. The van der Waals surface area contributed by atoms with Crippen LogP contribution in [-0.2, 0) is 4.79 Å². The Morgan fingerprint density at radius 2 is 1.82 bits per heavy atom. The number of nitrogens with zero attached hydrogens (tertiary/aromatic N) is 1. The molecule has 0 radical (unpaired) electrons. The van der Waals surface area contributed by atoms with Crippen LogP contribution in [0.2, 0.25) is 0 Å². The van der Waals surface area contributed by atoms with Gasteiger partial charge in [-0.05, 0) is 93.0 Å². The van der Waals surface area contributed by atoms with Gasteiger partial charge in [0.05, 0.1) is 10.9 Å². The number of carbonyl (C=O) groups excluding carboxylic acids is 1. The molecule has 0 unspecified atom stereocenters. The molecular weight excluding hydrogens is 370 g/mol. The van der Waals surface area contributed by atoms with E-state index in [4.69, 9.17) is 12.2 Å². The Bertz CT molecular complexity index is 1020. The van der Waals surface area contributed by atoms with E-state index >= 15 is 0 Å². The van der Waals surface area contributed by atoms with Crippen molar-refractivity contribution < 1.29 is 4.79 Å².